The Morgan fingerprint density at radius 3 is 2.31 bits per heavy atom. The smallest absolute Gasteiger partial charge is 0.127 e. The van der Waals surface area contributed by atoms with Crippen LogP contribution in [0.4, 0.5) is 0 Å². The van der Waals surface area contributed by atoms with Crippen LogP contribution < -0.4 is 4.74 Å². The number of ether oxygens (including phenoxy) is 1. The molecule has 0 bridgehead atoms. The summed E-state index contributed by atoms with van der Waals surface area (Å²) in [5.74, 6) is 1.41. The van der Waals surface area contributed by atoms with Crippen LogP contribution in [0.2, 0.25) is 0 Å². The zero-order valence-corrected chi connectivity index (χ0v) is 11.0. The molecule has 0 amide bonds. The van der Waals surface area contributed by atoms with E-state index in [1.807, 2.05) is 18.2 Å². The van der Waals surface area contributed by atoms with Crippen LogP contribution in [-0.4, -0.2) is 5.60 Å². The molecule has 0 spiro atoms. The summed E-state index contributed by atoms with van der Waals surface area (Å²) >= 11 is 0. The Kier molecular flexibility index (Phi) is 3.79. The quantitative estimate of drug-likeness (QED) is 0.718. The van der Waals surface area contributed by atoms with Crippen LogP contribution in [0.3, 0.4) is 0 Å². The lowest BCUT2D eigenvalue weighted by Crippen LogP contribution is -2.23. The molecular formula is C15H22O. The van der Waals surface area contributed by atoms with Crippen LogP contribution in [0.25, 0.3) is 6.08 Å². The first-order chi connectivity index (χ1) is 7.35. The van der Waals surface area contributed by atoms with Gasteiger partial charge in [0.05, 0.1) is 0 Å². The minimum Gasteiger partial charge on any atom is -0.488 e. The SMILES string of the molecule is C=Cc1c(OC(C)(C)C)cccc1C(C)C. The highest BCUT2D eigenvalue weighted by Gasteiger charge is 2.16. The molecule has 1 nitrogen and oxygen atoms in total. The van der Waals surface area contributed by atoms with E-state index in [4.69, 9.17) is 4.74 Å². The maximum absolute atomic E-state index is 5.94. The Bertz CT molecular complexity index is 370. The third-order valence-electron chi connectivity index (χ3n) is 2.34. The summed E-state index contributed by atoms with van der Waals surface area (Å²) in [4.78, 5) is 0. The van der Waals surface area contributed by atoms with Crippen LogP contribution in [0, 0.1) is 0 Å². The fraction of sp³-hybridized carbons (Fsp3) is 0.467. The van der Waals surface area contributed by atoms with Crippen LogP contribution in [0.1, 0.15) is 51.7 Å². The molecule has 1 aromatic rings. The van der Waals surface area contributed by atoms with Gasteiger partial charge >= 0.3 is 0 Å². The average Bonchev–Trinajstić information content (AvgIpc) is 2.14. The van der Waals surface area contributed by atoms with Crippen LogP contribution in [-0.2, 0) is 0 Å². The van der Waals surface area contributed by atoms with Gasteiger partial charge in [0, 0.05) is 5.56 Å². The second kappa shape index (κ2) is 4.73. The topological polar surface area (TPSA) is 9.23 Å². The lowest BCUT2D eigenvalue weighted by atomic mass is 9.96. The van der Waals surface area contributed by atoms with E-state index >= 15 is 0 Å². The van der Waals surface area contributed by atoms with Gasteiger partial charge in [0.15, 0.2) is 0 Å². The summed E-state index contributed by atoms with van der Waals surface area (Å²) in [5.41, 5.74) is 2.23. The highest BCUT2D eigenvalue weighted by atomic mass is 16.5. The van der Waals surface area contributed by atoms with Gasteiger partial charge in [-0.05, 0) is 38.3 Å². The van der Waals surface area contributed by atoms with Crippen molar-refractivity contribution in [1.82, 2.24) is 0 Å². The van der Waals surface area contributed by atoms with Gasteiger partial charge in [-0.1, -0.05) is 38.6 Å². The van der Waals surface area contributed by atoms with E-state index in [9.17, 15) is 0 Å². The van der Waals surface area contributed by atoms with Crippen molar-refractivity contribution in [2.45, 2.75) is 46.1 Å². The van der Waals surface area contributed by atoms with Crippen molar-refractivity contribution >= 4 is 6.08 Å². The van der Waals surface area contributed by atoms with Gasteiger partial charge in [-0.2, -0.15) is 0 Å². The summed E-state index contributed by atoms with van der Waals surface area (Å²) in [6.45, 7) is 14.4. The normalized spacial score (nSPS) is 11.6. The largest absolute Gasteiger partial charge is 0.488 e. The van der Waals surface area contributed by atoms with E-state index in [2.05, 4.69) is 47.3 Å². The minimum absolute atomic E-state index is 0.173. The molecule has 0 radical (unpaired) electrons. The molecule has 0 N–H and O–H groups in total. The third kappa shape index (κ3) is 3.13. The Morgan fingerprint density at radius 1 is 1.25 bits per heavy atom. The molecule has 0 aliphatic rings. The van der Waals surface area contributed by atoms with Crippen molar-refractivity contribution in [2.75, 3.05) is 0 Å². The number of hydrogen-bond donors (Lipinski definition) is 0. The fourth-order valence-corrected chi connectivity index (χ4v) is 1.70. The first-order valence-electron chi connectivity index (χ1n) is 5.79. The Labute approximate surface area is 99.1 Å². The second-order valence-electron chi connectivity index (χ2n) is 5.33. The molecular weight excluding hydrogens is 196 g/mol. The van der Waals surface area contributed by atoms with Crippen molar-refractivity contribution in [2.24, 2.45) is 0 Å². The highest BCUT2D eigenvalue weighted by Crippen LogP contribution is 2.30. The lowest BCUT2D eigenvalue weighted by Gasteiger charge is -2.24. The highest BCUT2D eigenvalue weighted by molar-refractivity contribution is 5.60. The molecule has 0 atom stereocenters. The van der Waals surface area contributed by atoms with E-state index < -0.39 is 0 Å². The molecule has 16 heavy (non-hydrogen) atoms. The molecule has 0 aromatic heterocycles. The predicted molar refractivity (Wildman–Crippen MR) is 71.0 cm³/mol. The molecule has 0 aliphatic carbocycles. The standard InChI is InChI=1S/C15H22O/c1-7-12-13(11(2)3)9-8-10-14(12)16-15(4,5)6/h7-11H,1H2,2-6H3. The second-order valence-corrected chi connectivity index (χ2v) is 5.33. The lowest BCUT2D eigenvalue weighted by molar-refractivity contribution is 0.130. The van der Waals surface area contributed by atoms with Crippen molar-refractivity contribution < 1.29 is 4.74 Å². The zero-order valence-electron chi connectivity index (χ0n) is 11.0. The van der Waals surface area contributed by atoms with E-state index in [0.29, 0.717) is 5.92 Å². The van der Waals surface area contributed by atoms with Gasteiger partial charge in [0.1, 0.15) is 11.4 Å². The Morgan fingerprint density at radius 2 is 1.88 bits per heavy atom. The van der Waals surface area contributed by atoms with Gasteiger partial charge in [-0.3, -0.25) is 0 Å². The van der Waals surface area contributed by atoms with Crippen molar-refractivity contribution in [1.29, 1.82) is 0 Å². The molecule has 0 saturated heterocycles. The van der Waals surface area contributed by atoms with E-state index in [1.165, 1.54) is 5.56 Å². The van der Waals surface area contributed by atoms with E-state index in [1.54, 1.807) is 0 Å². The molecule has 1 aromatic carbocycles. The summed E-state index contributed by atoms with van der Waals surface area (Å²) in [5, 5.41) is 0. The first-order valence-corrected chi connectivity index (χ1v) is 5.79. The van der Waals surface area contributed by atoms with E-state index in [-0.39, 0.29) is 5.60 Å². The molecule has 0 saturated carbocycles. The van der Waals surface area contributed by atoms with Crippen molar-refractivity contribution in [3.8, 4) is 5.75 Å². The molecule has 0 heterocycles. The van der Waals surface area contributed by atoms with Crippen molar-refractivity contribution in [3.05, 3.63) is 35.9 Å². The van der Waals surface area contributed by atoms with Gasteiger partial charge in [-0.25, -0.2) is 0 Å². The summed E-state index contributed by atoms with van der Waals surface area (Å²) in [6, 6.07) is 6.19. The van der Waals surface area contributed by atoms with Crippen LogP contribution in [0.5, 0.6) is 5.75 Å². The molecule has 0 fully saturated rings. The molecule has 1 rings (SSSR count). The van der Waals surface area contributed by atoms with Crippen LogP contribution in [0.15, 0.2) is 24.8 Å². The summed E-state index contributed by atoms with van der Waals surface area (Å²) in [6.07, 6.45) is 1.89. The maximum atomic E-state index is 5.94. The molecule has 0 unspecified atom stereocenters. The summed E-state index contributed by atoms with van der Waals surface area (Å²) < 4.78 is 5.94. The number of rotatable bonds is 3. The minimum atomic E-state index is -0.173. The molecule has 1 heteroatoms. The monoisotopic (exact) mass is 218 g/mol. The van der Waals surface area contributed by atoms with E-state index in [0.717, 1.165) is 11.3 Å². The number of benzene rings is 1. The average molecular weight is 218 g/mol. The third-order valence-corrected chi connectivity index (χ3v) is 2.34. The van der Waals surface area contributed by atoms with Crippen molar-refractivity contribution in [3.63, 3.8) is 0 Å². The predicted octanol–water partition coefficient (Wildman–Crippen LogP) is 4.63. The van der Waals surface area contributed by atoms with Gasteiger partial charge < -0.3 is 4.74 Å². The molecule has 0 aliphatic heterocycles. The van der Waals surface area contributed by atoms with Gasteiger partial charge in [0.2, 0.25) is 0 Å². The Balaban J connectivity index is 3.19. The first kappa shape index (κ1) is 12.8. The maximum Gasteiger partial charge on any atom is 0.127 e. The van der Waals surface area contributed by atoms with Gasteiger partial charge in [-0.15, -0.1) is 0 Å². The van der Waals surface area contributed by atoms with Gasteiger partial charge in [0.25, 0.3) is 0 Å². The number of hydrogen-bond acceptors (Lipinski definition) is 1. The zero-order chi connectivity index (χ0) is 12.3. The fourth-order valence-electron chi connectivity index (χ4n) is 1.70. The van der Waals surface area contributed by atoms with Crippen LogP contribution >= 0.6 is 0 Å². The molecule has 88 valence electrons. The summed E-state index contributed by atoms with van der Waals surface area (Å²) in [7, 11) is 0. The Hall–Kier alpha value is -1.24.